The molecule has 0 heterocycles. The molecule has 1 rings (SSSR count). The molecule has 0 aromatic rings. The molecule has 0 unspecified atom stereocenters. The minimum atomic E-state index is 0.793. The third-order valence-electron chi connectivity index (χ3n) is 2.40. The molecule has 0 heteroatoms. The van der Waals surface area contributed by atoms with Crippen molar-refractivity contribution in [3.63, 3.8) is 0 Å². The van der Waals surface area contributed by atoms with E-state index in [4.69, 9.17) is 0 Å². The molecule has 0 N–H and O–H groups in total. The molecule has 0 radical (unpaired) electrons. The smallest absolute Gasteiger partial charge is 0.0234 e. The topological polar surface area (TPSA) is 0 Å². The summed E-state index contributed by atoms with van der Waals surface area (Å²) in [7, 11) is 0. The first-order valence-corrected chi connectivity index (χ1v) is 3.88. The molecule has 9 heavy (non-hydrogen) atoms. The molecule has 0 aromatic heterocycles. The van der Waals surface area contributed by atoms with Gasteiger partial charge in [-0.1, -0.05) is 26.0 Å². The van der Waals surface area contributed by atoms with Gasteiger partial charge in [0, 0.05) is 0 Å². The van der Waals surface area contributed by atoms with Gasteiger partial charge in [0.05, 0.1) is 0 Å². The summed E-state index contributed by atoms with van der Waals surface area (Å²) in [5.74, 6) is 1.69. The summed E-state index contributed by atoms with van der Waals surface area (Å²) in [5, 5.41) is 0. The fraction of sp³-hybridized carbons (Fsp3) is 0.778. The Balaban J connectivity index is 2.44. The SMILES string of the molecule is C=C1C[C@H](C)CC[C@H]1C. The highest BCUT2D eigenvalue weighted by Gasteiger charge is 2.16. The average molecular weight is 124 g/mol. The van der Waals surface area contributed by atoms with Crippen molar-refractivity contribution in [1.29, 1.82) is 0 Å². The van der Waals surface area contributed by atoms with Crippen molar-refractivity contribution >= 4 is 0 Å². The first kappa shape index (κ1) is 6.85. The Labute approximate surface area is 58.0 Å². The molecule has 1 aliphatic rings. The molecule has 0 aliphatic heterocycles. The maximum Gasteiger partial charge on any atom is -0.0234 e. The van der Waals surface area contributed by atoms with E-state index in [1.165, 1.54) is 24.8 Å². The summed E-state index contributed by atoms with van der Waals surface area (Å²) in [4.78, 5) is 0. The van der Waals surface area contributed by atoms with Crippen molar-refractivity contribution in [2.75, 3.05) is 0 Å². The maximum absolute atomic E-state index is 4.05. The van der Waals surface area contributed by atoms with Gasteiger partial charge in [0.25, 0.3) is 0 Å². The normalized spacial score (nSPS) is 36.9. The van der Waals surface area contributed by atoms with Crippen LogP contribution in [0.15, 0.2) is 12.2 Å². The third-order valence-corrected chi connectivity index (χ3v) is 2.40. The lowest BCUT2D eigenvalue weighted by Crippen LogP contribution is -2.11. The van der Waals surface area contributed by atoms with E-state index in [0.717, 1.165) is 11.8 Å². The second-order valence-corrected chi connectivity index (χ2v) is 3.45. The predicted octanol–water partition coefficient (Wildman–Crippen LogP) is 3.00. The number of hydrogen-bond donors (Lipinski definition) is 0. The number of rotatable bonds is 0. The van der Waals surface area contributed by atoms with Gasteiger partial charge in [-0.05, 0) is 31.1 Å². The Kier molecular flexibility index (Phi) is 1.94. The van der Waals surface area contributed by atoms with Gasteiger partial charge in [-0.15, -0.1) is 0 Å². The molecule has 1 aliphatic carbocycles. The van der Waals surface area contributed by atoms with Gasteiger partial charge in [0.15, 0.2) is 0 Å². The maximum atomic E-state index is 4.05. The number of allylic oxidation sites excluding steroid dienone is 1. The highest BCUT2D eigenvalue weighted by Crippen LogP contribution is 2.31. The predicted molar refractivity (Wildman–Crippen MR) is 41.3 cm³/mol. The molecule has 0 aromatic carbocycles. The van der Waals surface area contributed by atoms with Crippen LogP contribution < -0.4 is 0 Å². The minimum Gasteiger partial charge on any atom is -0.0996 e. The molecular formula is C9H16. The second-order valence-electron chi connectivity index (χ2n) is 3.45. The summed E-state index contributed by atoms with van der Waals surface area (Å²) in [6, 6.07) is 0. The van der Waals surface area contributed by atoms with Crippen LogP contribution in [0.5, 0.6) is 0 Å². The van der Waals surface area contributed by atoms with Gasteiger partial charge in [-0.25, -0.2) is 0 Å². The van der Waals surface area contributed by atoms with E-state index in [1.54, 1.807) is 0 Å². The average Bonchev–Trinajstić information content (AvgIpc) is 1.80. The lowest BCUT2D eigenvalue weighted by atomic mass is 9.81. The van der Waals surface area contributed by atoms with Crippen LogP contribution in [0.3, 0.4) is 0 Å². The fourth-order valence-electron chi connectivity index (χ4n) is 1.49. The summed E-state index contributed by atoms with van der Waals surface area (Å²) < 4.78 is 0. The second kappa shape index (κ2) is 2.55. The highest BCUT2D eigenvalue weighted by molar-refractivity contribution is 5.02. The van der Waals surface area contributed by atoms with Gasteiger partial charge in [-0.2, -0.15) is 0 Å². The Morgan fingerprint density at radius 2 is 2.00 bits per heavy atom. The lowest BCUT2D eigenvalue weighted by Gasteiger charge is -2.25. The molecule has 2 atom stereocenters. The lowest BCUT2D eigenvalue weighted by molar-refractivity contribution is 0.388. The van der Waals surface area contributed by atoms with E-state index < -0.39 is 0 Å². The first-order chi connectivity index (χ1) is 4.20. The molecule has 1 saturated carbocycles. The minimum absolute atomic E-state index is 0.793. The molecule has 0 spiro atoms. The van der Waals surface area contributed by atoms with Crippen molar-refractivity contribution in [3.8, 4) is 0 Å². The van der Waals surface area contributed by atoms with Crippen molar-refractivity contribution in [3.05, 3.63) is 12.2 Å². The van der Waals surface area contributed by atoms with Crippen LogP contribution in [0.25, 0.3) is 0 Å². The van der Waals surface area contributed by atoms with Gasteiger partial charge < -0.3 is 0 Å². The molecule has 0 nitrogen and oxygen atoms in total. The molecule has 1 fully saturated rings. The van der Waals surface area contributed by atoms with Gasteiger partial charge >= 0.3 is 0 Å². The zero-order valence-electron chi connectivity index (χ0n) is 6.48. The van der Waals surface area contributed by atoms with E-state index >= 15 is 0 Å². The van der Waals surface area contributed by atoms with Crippen LogP contribution >= 0.6 is 0 Å². The number of hydrogen-bond acceptors (Lipinski definition) is 0. The van der Waals surface area contributed by atoms with Crippen molar-refractivity contribution in [1.82, 2.24) is 0 Å². The molecule has 0 saturated heterocycles. The fourth-order valence-corrected chi connectivity index (χ4v) is 1.49. The Bertz CT molecular complexity index is 113. The molecule has 0 bridgehead atoms. The van der Waals surface area contributed by atoms with E-state index in [-0.39, 0.29) is 0 Å². The Morgan fingerprint density at radius 1 is 1.33 bits per heavy atom. The van der Waals surface area contributed by atoms with Gasteiger partial charge in [-0.3, -0.25) is 0 Å². The Hall–Kier alpha value is -0.260. The van der Waals surface area contributed by atoms with Crippen molar-refractivity contribution in [2.24, 2.45) is 11.8 Å². The first-order valence-electron chi connectivity index (χ1n) is 3.88. The molecule has 52 valence electrons. The van der Waals surface area contributed by atoms with Gasteiger partial charge in [0.2, 0.25) is 0 Å². The standard InChI is InChI=1S/C9H16/c1-7-4-5-8(2)9(3)6-7/h7-8H,3-6H2,1-2H3/t7-,8-/m1/s1. The quantitative estimate of drug-likeness (QED) is 0.435. The van der Waals surface area contributed by atoms with E-state index in [2.05, 4.69) is 20.4 Å². The summed E-state index contributed by atoms with van der Waals surface area (Å²) in [6.45, 7) is 8.65. The summed E-state index contributed by atoms with van der Waals surface area (Å²) >= 11 is 0. The van der Waals surface area contributed by atoms with Crippen LogP contribution in [0, 0.1) is 11.8 Å². The van der Waals surface area contributed by atoms with E-state index in [1.807, 2.05) is 0 Å². The zero-order valence-corrected chi connectivity index (χ0v) is 6.48. The van der Waals surface area contributed by atoms with Crippen molar-refractivity contribution in [2.45, 2.75) is 33.1 Å². The van der Waals surface area contributed by atoms with E-state index in [0.29, 0.717) is 0 Å². The largest absolute Gasteiger partial charge is 0.0996 e. The van der Waals surface area contributed by atoms with Gasteiger partial charge in [0.1, 0.15) is 0 Å². The molecular weight excluding hydrogens is 108 g/mol. The van der Waals surface area contributed by atoms with E-state index in [9.17, 15) is 0 Å². The van der Waals surface area contributed by atoms with Crippen LogP contribution in [-0.4, -0.2) is 0 Å². The summed E-state index contributed by atoms with van der Waals surface area (Å²) in [6.07, 6.45) is 4.03. The van der Waals surface area contributed by atoms with Crippen LogP contribution in [-0.2, 0) is 0 Å². The van der Waals surface area contributed by atoms with Crippen LogP contribution in [0.2, 0.25) is 0 Å². The van der Waals surface area contributed by atoms with Crippen molar-refractivity contribution < 1.29 is 0 Å². The summed E-state index contributed by atoms with van der Waals surface area (Å²) in [5.41, 5.74) is 1.47. The van der Waals surface area contributed by atoms with Crippen LogP contribution in [0.1, 0.15) is 33.1 Å². The highest BCUT2D eigenvalue weighted by atomic mass is 14.2. The monoisotopic (exact) mass is 124 g/mol. The zero-order chi connectivity index (χ0) is 6.85. The van der Waals surface area contributed by atoms with Crippen LogP contribution in [0.4, 0.5) is 0 Å². The third kappa shape index (κ3) is 1.57. The Morgan fingerprint density at radius 3 is 2.44 bits per heavy atom. The molecule has 0 amide bonds.